The lowest BCUT2D eigenvalue weighted by Crippen LogP contribution is -2.41. The molecule has 0 aliphatic carbocycles. The quantitative estimate of drug-likeness (QED) is 0.798. The molecule has 1 saturated heterocycles. The van der Waals surface area contributed by atoms with E-state index in [9.17, 15) is 0 Å². The smallest absolute Gasteiger partial charge is 0.398 e. The summed E-state index contributed by atoms with van der Waals surface area (Å²) in [5, 5.41) is 5.10. The highest BCUT2D eigenvalue weighted by Gasteiger charge is 2.52. The Morgan fingerprint density at radius 2 is 1.73 bits per heavy atom. The van der Waals surface area contributed by atoms with E-state index in [0.29, 0.717) is 5.02 Å². The van der Waals surface area contributed by atoms with Crippen LogP contribution in [-0.4, -0.2) is 28.1 Å². The van der Waals surface area contributed by atoms with Crippen LogP contribution >= 0.6 is 11.6 Å². The van der Waals surface area contributed by atoms with Gasteiger partial charge < -0.3 is 9.31 Å². The Morgan fingerprint density at radius 1 is 1.09 bits per heavy atom. The maximum absolute atomic E-state index is 6.13. The molecule has 116 valence electrons. The van der Waals surface area contributed by atoms with Crippen LogP contribution in [0.1, 0.15) is 33.3 Å². The van der Waals surface area contributed by atoms with E-state index in [0.717, 1.165) is 16.8 Å². The summed E-state index contributed by atoms with van der Waals surface area (Å²) < 4.78 is 14.1. The van der Waals surface area contributed by atoms with E-state index < -0.39 is 7.12 Å². The second-order valence-electron chi connectivity index (χ2n) is 6.69. The zero-order chi connectivity index (χ0) is 16.1. The fourth-order valence-corrected chi connectivity index (χ4v) is 2.63. The van der Waals surface area contributed by atoms with Crippen molar-refractivity contribution < 1.29 is 9.31 Å². The Hall–Kier alpha value is -1.30. The number of aromatic nitrogens is 2. The topological polar surface area (TPSA) is 36.3 Å². The van der Waals surface area contributed by atoms with Gasteiger partial charge in [-0.15, -0.1) is 0 Å². The van der Waals surface area contributed by atoms with E-state index in [1.807, 2.05) is 63.6 Å². The van der Waals surface area contributed by atoms with Crippen molar-refractivity contribution >= 4 is 24.3 Å². The van der Waals surface area contributed by atoms with Crippen LogP contribution in [0.25, 0.3) is 5.69 Å². The zero-order valence-corrected chi connectivity index (χ0v) is 14.3. The Balaban J connectivity index is 2.02. The average molecular weight is 319 g/mol. The summed E-state index contributed by atoms with van der Waals surface area (Å²) in [6, 6.07) is 7.67. The molecule has 1 aromatic heterocycles. The van der Waals surface area contributed by atoms with E-state index in [1.165, 1.54) is 0 Å². The van der Waals surface area contributed by atoms with Gasteiger partial charge in [0.1, 0.15) is 0 Å². The summed E-state index contributed by atoms with van der Waals surface area (Å²) in [4.78, 5) is 0. The molecule has 0 N–H and O–H groups in total. The van der Waals surface area contributed by atoms with Crippen LogP contribution in [0.5, 0.6) is 0 Å². The maximum atomic E-state index is 6.13. The standard InChI is InChI=1S/C16H20BClN2O2/c1-11-6-7-12(18)10-13(11)20-14(8-9-19-20)17-21-15(2,3)16(4,5)22-17/h6-10H,1-5H3. The fourth-order valence-electron chi connectivity index (χ4n) is 2.47. The molecule has 0 bridgehead atoms. The lowest BCUT2D eigenvalue weighted by molar-refractivity contribution is 0.00578. The highest BCUT2D eigenvalue weighted by atomic mass is 35.5. The minimum Gasteiger partial charge on any atom is -0.398 e. The maximum Gasteiger partial charge on any atom is 0.514 e. The van der Waals surface area contributed by atoms with E-state index >= 15 is 0 Å². The monoisotopic (exact) mass is 318 g/mol. The molecule has 2 heterocycles. The molecular weight excluding hydrogens is 298 g/mol. The van der Waals surface area contributed by atoms with Gasteiger partial charge >= 0.3 is 7.12 Å². The minimum atomic E-state index is -0.453. The highest BCUT2D eigenvalue weighted by Crippen LogP contribution is 2.36. The molecule has 0 amide bonds. The van der Waals surface area contributed by atoms with Crippen LogP contribution in [0.15, 0.2) is 30.5 Å². The van der Waals surface area contributed by atoms with Gasteiger partial charge in [-0.25, -0.2) is 4.68 Å². The number of aryl methyl sites for hydroxylation is 1. The normalized spacial score (nSPS) is 19.6. The van der Waals surface area contributed by atoms with Crippen molar-refractivity contribution in [2.24, 2.45) is 0 Å². The number of hydrogen-bond donors (Lipinski definition) is 0. The van der Waals surface area contributed by atoms with Crippen molar-refractivity contribution in [3.8, 4) is 5.69 Å². The number of halogens is 1. The molecule has 6 heteroatoms. The van der Waals surface area contributed by atoms with Crippen LogP contribution in [0.2, 0.25) is 5.02 Å². The number of nitrogens with zero attached hydrogens (tertiary/aromatic N) is 2. The summed E-state index contributed by atoms with van der Waals surface area (Å²) in [6.45, 7) is 10.2. The number of rotatable bonds is 2. The molecule has 3 rings (SSSR count). The third-order valence-electron chi connectivity index (χ3n) is 4.57. The third-order valence-corrected chi connectivity index (χ3v) is 4.80. The first-order chi connectivity index (χ1) is 10.2. The predicted molar refractivity (Wildman–Crippen MR) is 89.0 cm³/mol. The molecule has 22 heavy (non-hydrogen) atoms. The SMILES string of the molecule is Cc1ccc(Cl)cc1-n1nccc1B1OC(C)(C)C(C)(C)O1. The summed E-state index contributed by atoms with van der Waals surface area (Å²) in [5.41, 5.74) is 2.13. The summed E-state index contributed by atoms with van der Waals surface area (Å²) in [5.74, 6) is 0. The van der Waals surface area contributed by atoms with Crippen LogP contribution in [0.3, 0.4) is 0 Å². The molecule has 0 saturated carbocycles. The summed E-state index contributed by atoms with van der Waals surface area (Å²) in [6.07, 6.45) is 1.75. The summed E-state index contributed by atoms with van der Waals surface area (Å²) in [7, 11) is -0.453. The molecule has 0 atom stereocenters. The van der Waals surface area contributed by atoms with Crippen molar-refractivity contribution in [2.75, 3.05) is 0 Å². The molecular formula is C16H20BClN2O2. The van der Waals surface area contributed by atoms with Gasteiger partial charge in [-0.2, -0.15) is 5.10 Å². The molecule has 0 unspecified atom stereocenters. The Labute approximate surface area is 136 Å². The van der Waals surface area contributed by atoms with Gasteiger partial charge in [0.05, 0.1) is 22.5 Å². The van der Waals surface area contributed by atoms with E-state index in [2.05, 4.69) is 5.10 Å². The van der Waals surface area contributed by atoms with Crippen LogP contribution in [0.4, 0.5) is 0 Å². The first kappa shape index (κ1) is 15.6. The van der Waals surface area contributed by atoms with Crippen molar-refractivity contribution in [2.45, 2.75) is 45.8 Å². The largest absolute Gasteiger partial charge is 0.514 e. The van der Waals surface area contributed by atoms with E-state index in [-0.39, 0.29) is 11.2 Å². The third kappa shape index (κ3) is 2.47. The molecule has 1 fully saturated rings. The lowest BCUT2D eigenvalue weighted by Gasteiger charge is -2.32. The number of hydrogen-bond acceptors (Lipinski definition) is 3. The van der Waals surface area contributed by atoms with Crippen LogP contribution in [0, 0.1) is 6.92 Å². The van der Waals surface area contributed by atoms with Gasteiger partial charge in [0, 0.05) is 11.2 Å². The number of benzene rings is 1. The van der Waals surface area contributed by atoms with Crippen LogP contribution in [-0.2, 0) is 9.31 Å². The first-order valence-electron chi connectivity index (χ1n) is 7.37. The van der Waals surface area contributed by atoms with Gasteiger partial charge in [-0.05, 0) is 58.4 Å². The van der Waals surface area contributed by atoms with Gasteiger partial charge in [-0.3, -0.25) is 0 Å². The molecule has 1 aliphatic rings. The second kappa shape index (κ2) is 5.12. The Morgan fingerprint density at radius 3 is 2.36 bits per heavy atom. The van der Waals surface area contributed by atoms with Gasteiger partial charge in [0.25, 0.3) is 0 Å². The van der Waals surface area contributed by atoms with Crippen LogP contribution < -0.4 is 5.59 Å². The highest BCUT2D eigenvalue weighted by molar-refractivity contribution is 6.61. The molecule has 2 aromatic rings. The Bertz CT molecular complexity index is 696. The molecule has 0 radical (unpaired) electrons. The van der Waals surface area contributed by atoms with E-state index in [4.69, 9.17) is 20.9 Å². The minimum absolute atomic E-state index is 0.379. The van der Waals surface area contributed by atoms with Crippen molar-refractivity contribution in [1.82, 2.24) is 9.78 Å². The lowest BCUT2D eigenvalue weighted by atomic mass is 9.84. The molecule has 1 aliphatic heterocycles. The van der Waals surface area contributed by atoms with Crippen molar-refractivity contribution in [3.63, 3.8) is 0 Å². The van der Waals surface area contributed by atoms with Gasteiger partial charge in [-0.1, -0.05) is 17.7 Å². The Kier molecular flexibility index (Phi) is 3.63. The first-order valence-corrected chi connectivity index (χ1v) is 7.75. The van der Waals surface area contributed by atoms with Gasteiger partial charge in [0.15, 0.2) is 0 Å². The molecule has 4 nitrogen and oxygen atoms in total. The predicted octanol–water partition coefficient (Wildman–Crippen LogP) is 3.13. The fraction of sp³-hybridized carbons (Fsp3) is 0.438. The van der Waals surface area contributed by atoms with Crippen molar-refractivity contribution in [3.05, 3.63) is 41.0 Å². The molecule has 1 aromatic carbocycles. The summed E-state index contributed by atoms with van der Waals surface area (Å²) >= 11 is 6.13. The second-order valence-corrected chi connectivity index (χ2v) is 7.12. The average Bonchev–Trinajstić information content (AvgIpc) is 2.96. The van der Waals surface area contributed by atoms with Crippen molar-refractivity contribution in [1.29, 1.82) is 0 Å². The zero-order valence-electron chi connectivity index (χ0n) is 13.6. The van der Waals surface area contributed by atoms with Gasteiger partial charge in [0.2, 0.25) is 0 Å². The molecule has 0 spiro atoms. The van der Waals surface area contributed by atoms with E-state index in [1.54, 1.807) is 6.20 Å².